The molecule has 0 radical (unpaired) electrons. The van der Waals surface area contributed by atoms with Gasteiger partial charge in [-0.15, -0.1) is 0 Å². The summed E-state index contributed by atoms with van der Waals surface area (Å²) >= 11 is 0. The Balaban J connectivity index is 2.18. The standard InChI is InChI=1S/C14H22N2O2/c1-16(13-7-4-3-5-8-13)11-9-14(17)15-10-6-12-18-2/h3-5,7-8H,6,9-12H2,1-2H3,(H,15,17). The van der Waals surface area contributed by atoms with Gasteiger partial charge in [0, 0.05) is 46.0 Å². The van der Waals surface area contributed by atoms with Gasteiger partial charge in [0.2, 0.25) is 5.91 Å². The number of rotatable bonds is 8. The molecule has 0 aliphatic rings. The SMILES string of the molecule is COCCCNC(=O)CCN(C)c1ccccc1. The lowest BCUT2D eigenvalue weighted by Crippen LogP contribution is -2.29. The molecule has 0 spiro atoms. The summed E-state index contributed by atoms with van der Waals surface area (Å²) in [5.41, 5.74) is 1.13. The number of hydrogen-bond acceptors (Lipinski definition) is 3. The van der Waals surface area contributed by atoms with Gasteiger partial charge in [0.05, 0.1) is 0 Å². The maximum atomic E-state index is 11.6. The van der Waals surface area contributed by atoms with Crippen LogP contribution in [0.25, 0.3) is 0 Å². The average molecular weight is 250 g/mol. The van der Waals surface area contributed by atoms with Crippen LogP contribution in [0, 0.1) is 0 Å². The largest absolute Gasteiger partial charge is 0.385 e. The molecule has 1 aromatic carbocycles. The second kappa shape index (κ2) is 8.53. The molecular formula is C14H22N2O2. The second-order valence-electron chi connectivity index (χ2n) is 4.20. The van der Waals surface area contributed by atoms with Crippen molar-refractivity contribution in [1.82, 2.24) is 5.32 Å². The van der Waals surface area contributed by atoms with E-state index in [1.807, 2.05) is 37.4 Å². The van der Waals surface area contributed by atoms with Crippen molar-refractivity contribution >= 4 is 11.6 Å². The maximum absolute atomic E-state index is 11.6. The first-order chi connectivity index (χ1) is 8.74. The Bertz CT molecular complexity index is 341. The molecule has 0 aromatic heterocycles. The topological polar surface area (TPSA) is 41.6 Å². The minimum Gasteiger partial charge on any atom is -0.385 e. The van der Waals surface area contributed by atoms with Gasteiger partial charge < -0.3 is 15.0 Å². The van der Waals surface area contributed by atoms with Gasteiger partial charge in [-0.2, -0.15) is 0 Å². The van der Waals surface area contributed by atoms with Gasteiger partial charge in [0.25, 0.3) is 0 Å². The lowest BCUT2D eigenvalue weighted by atomic mass is 10.3. The highest BCUT2D eigenvalue weighted by Gasteiger charge is 2.04. The minimum atomic E-state index is 0.0916. The number of ether oxygens (including phenoxy) is 1. The summed E-state index contributed by atoms with van der Waals surface area (Å²) in [6.07, 6.45) is 1.37. The highest BCUT2D eigenvalue weighted by atomic mass is 16.5. The molecule has 0 atom stereocenters. The van der Waals surface area contributed by atoms with Crippen molar-refractivity contribution in [3.8, 4) is 0 Å². The smallest absolute Gasteiger partial charge is 0.221 e. The molecule has 0 saturated heterocycles. The third-order valence-corrected chi connectivity index (χ3v) is 2.72. The van der Waals surface area contributed by atoms with E-state index in [1.165, 1.54) is 0 Å². The van der Waals surface area contributed by atoms with Crippen LogP contribution in [0.4, 0.5) is 5.69 Å². The number of hydrogen-bond donors (Lipinski definition) is 1. The molecule has 0 unspecified atom stereocenters. The first kappa shape index (κ1) is 14.5. The molecule has 18 heavy (non-hydrogen) atoms. The number of anilines is 1. The lowest BCUT2D eigenvalue weighted by molar-refractivity contribution is -0.120. The fourth-order valence-corrected chi connectivity index (χ4v) is 1.61. The summed E-state index contributed by atoms with van der Waals surface area (Å²) in [7, 11) is 3.66. The van der Waals surface area contributed by atoms with Crippen LogP contribution in [0.2, 0.25) is 0 Å². The Hall–Kier alpha value is -1.55. The van der Waals surface area contributed by atoms with Crippen molar-refractivity contribution < 1.29 is 9.53 Å². The molecule has 100 valence electrons. The number of nitrogens with one attached hydrogen (secondary N) is 1. The summed E-state index contributed by atoms with van der Waals surface area (Å²) < 4.78 is 4.92. The van der Waals surface area contributed by atoms with Crippen LogP contribution in [-0.4, -0.2) is 39.8 Å². The fourth-order valence-electron chi connectivity index (χ4n) is 1.61. The molecule has 0 heterocycles. The summed E-state index contributed by atoms with van der Waals surface area (Å²) in [6, 6.07) is 10.1. The van der Waals surface area contributed by atoms with Crippen LogP contribution in [0.1, 0.15) is 12.8 Å². The molecule has 0 saturated carbocycles. The second-order valence-corrected chi connectivity index (χ2v) is 4.20. The Morgan fingerprint density at radius 1 is 1.33 bits per heavy atom. The Morgan fingerprint density at radius 3 is 2.72 bits per heavy atom. The number of benzene rings is 1. The first-order valence-corrected chi connectivity index (χ1v) is 6.26. The molecule has 1 amide bonds. The first-order valence-electron chi connectivity index (χ1n) is 6.26. The average Bonchev–Trinajstić information content (AvgIpc) is 2.42. The van der Waals surface area contributed by atoms with E-state index in [4.69, 9.17) is 4.74 Å². The zero-order chi connectivity index (χ0) is 13.2. The van der Waals surface area contributed by atoms with Crippen molar-refractivity contribution in [3.05, 3.63) is 30.3 Å². The molecular weight excluding hydrogens is 228 g/mol. The van der Waals surface area contributed by atoms with Crippen LogP contribution < -0.4 is 10.2 Å². The van der Waals surface area contributed by atoms with E-state index < -0.39 is 0 Å². The minimum absolute atomic E-state index is 0.0916. The zero-order valence-electron chi connectivity index (χ0n) is 11.2. The van der Waals surface area contributed by atoms with Crippen molar-refractivity contribution in [2.24, 2.45) is 0 Å². The van der Waals surface area contributed by atoms with E-state index in [-0.39, 0.29) is 5.91 Å². The van der Waals surface area contributed by atoms with Gasteiger partial charge in [-0.25, -0.2) is 0 Å². The number of amides is 1. The molecule has 0 bridgehead atoms. The molecule has 0 aliphatic carbocycles. The van der Waals surface area contributed by atoms with E-state index in [9.17, 15) is 4.79 Å². The van der Waals surface area contributed by atoms with E-state index in [1.54, 1.807) is 7.11 Å². The van der Waals surface area contributed by atoms with E-state index >= 15 is 0 Å². The number of carbonyl (C=O) groups excluding carboxylic acids is 1. The van der Waals surface area contributed by atoms with Crippen molar-refractivity contribution in [2.75, 3.05) is 38.8 Å². The normalized spacial score (nSPS) is 10.1. The predicted molar refractivity (Wildman–Crippen MR) is 73.8 cm³/mol. The van der Waals surface area contributed by atoms with Crippen LogP contribution >= 0.6 is 0 Å². The van der Waals surface area contributed by atoms with E-state index in [0.29, 0.717) is 19.6 Å². The third kappa shape index (κ3) is 5.68. The van der Waals surface area contributed by atoms with Crippen molar-refractivity contribution in [1.29, 1.82) is 0 Å². The number of nitrogens with zero attached hydrogens (tertiary/aromatic N) is 1. The summed E-state index contributed by atoms with van der Waals surface area (Å²) in [5.74, 6) is 0.0916. The molecule has 0 aliphatic heterocycles. The number of carbonyl (C=O) groups is 1. The highest BCUT2D eigenvalue weighted by Crippen LogP contribution is 2.10. The van der Waals surface area contributed by atoms with Gasteiger partial charge in [0.1, 0.15) is 0 Å². The monoisotopic (exact) mass is 250 g/mol. The van der Waals surface area contributed by atoms with Crippen molar-refractivity contribution in [3.63, 3.8) is 0 Å². The van der Waals surface area contributed by atoms with Crippen LogP contribution in [-0.2, 0) is 9.53 Å². The summed E-state index contributed by atoms with van der Waals surface area (Å²) in [5, 5.41) is 2.88. The van der Waals surface area contributed by atoms with Crippen LogP contribution in [0.5, 0.6) is 0 Å². The van der Waals surface area contributed by atoms with Gasteiger partial charge in [0.15, 0.2) is 0 Å². The Morgan fingerprint density at radius 2 is 2.06 bits per heavy atom. The molecule has 1 rings (SSSR count). The summed E-state index contributed by atoms with van der Waals surface area (Å²) in [6.45, 7) is 2.09. The predicted octanol–water partition coefficient (Wildman–Crippen LogP) is 1.67. The molecule has 4 nitrogen and oxygen atoms in total. The number of methoxy groups -OCH3 is 1. The zero-order valence-corrected chi connectivity index (χ0v) is 11.2. The Labute approximate surface area is 109 Å². The van der Waals surface area contributed by atoms with Crippen molar-refractivity contribution in [2.45, 2.75) is 12.8 Å². The molecule has 4 heteroatoms. The van der Waals surface area contributed by atoms with Crippen LogP contribution in [0.15, 0.2) is 30.3 Å². The van der Waals surface area contributed by atoms with E-state index in [0.717, 1.165) is 18.7 Å². The maximum Gasteiger partial charge on any atom is 0.221 e. The molecule has 0 fully saturated rings. The fraction of sp³-hybridized carbons (Fsp3) is 0.500. The number of para-hydroxylation sites is 1. The summed E-state index contributed by atoms with van der Waals surface area (Å²) in [4.78, 5) is 13.6. The Kier molecular flexibility index (Phi) is 6.87. The highest BCUT2D eigenvalue weighted by molar-refractivity contribution is 5.76. The van der Waals surface area contributed by atoms with Crippen LogP contribution in [0.3, 0.4) is 0 Å². The lowest BCUT2D eigenvalue weighted by Gasteiger charge is -2.18. The van der Waals surface area contributed by atoms with Gasteiger partial charge in [-0.1, -0.05) is 18.2 Å². The molecule has 1 N–H and O–H groups in total. The third-order valence-electron chi connectivity index (χ3n) is 2.72. The van der Waals surface area contributed by atoms with E-state index in [2.05, 4.69) is 10.2 Å². The van der Waals surface area contributed by atoms with Gasteiger partial charge in [-0.3, -0.25) is 4.79 Å². The molecule has 1 aromatic rings. The van der Waals surface area contributed by atoms with Gasteiger partial charge in [-0.05, 0) is 18.6 Å². The quantitative estimate of drug-likeness (QED) is 0.714. The van der Waals surface area contributed by atoms with Gasteiger partial charge >= 0.3 is 0 Å².